The smallest absolute Gasteiger partial charge is 0.154 e. The second-order valence-electron chi connectivity index (χ2n) is 5.23. The molecule has 0 radical (unpaired) electrons. The zero-order valence-electron chi connectivity index (χ0n) is 11.3. The molecule has 0 amide bonds. The Morgan fingerprint density at radius 3 is 2.95 bits per heavy atom. The van der Waals surface area contributed by atoms with Crippen molar-refractivity contribution < 1.29 is 0 Å². The monoisotopic (exact) mass is 343 g/mol. The molecule has 0 bridgehead atoms. The highest BCUT2D eigenvalue weighted by Gasteiger charge is 2.23. The number of rotatable bonds is 1. The third-order valence-corrected chi connectivity index (χ3v) is 4.40. The molecule has 21 heavy (non-hydrogen) atoms. The van der Waals surface area contributed by atoms with Crippen molar-refractivity contribution in [2.75, 3.05) is 11.4 Å². The summed E-state index contributed by atoms with van der Waals surface area (Å²) in [6.45, 7) is 1.59. The maximum Gasteiger partial charge on any atom is 0.154 e. The van der Waals surface area contributed by atoms with Crippen LogP contribution in [0, 0.1) is 0 Å². The number of nitrogens with two attached hydrogens (primary N) is 1. The highest BCUT2D eigenvalue weighted by molar-refractivity contribution is 9.10. The van der Waals surface area contributed by atoms with Crippen molar-refractivity contribution in [2.45, 2.75) is 12.6 Å². The van der Waals surface area contributed by atoms with Gasteiger partial charge in [0, 0.05) is 19.1 Å². The first-order valence-electron chi connectivity index (χ1n) is 6.81. The molecule has 0 aliphatic carbocycles. The quantitative estimate of drug-likeness (QED) is 0.737. The van der Waals surface area contributed by atoms with E-state index in [4.69, 9.17) is 5.73 Å². The van der Waals surface area contributed by atoms with Crippen LogP contribution in [0.1, 0.15) is 17.2 Å². The summed E-state index contributed by atoms with van der Waals surface area (Å²) in [7, 11) is 0. The second-order valence-corrected chi connectivity index (χ2v) is 6.04. The summed E-state index contributed by atoms with van der Waals surface area (Å²) in [6.07, 6.45) is 1.75. The largest absolute Gasteiger partial charge is 0.349 e. The van der Waals surface area contributed by atoms with E-state index < -0.39 is 0 Å². The van der Waals surface area contributed by atoms with E-state index >= 15 is 0 Å². The molecule has 3 aromatic rings. The molecule has 1 aromatic carbocycles. The molecule has 0 saturated carbocycles. The van der Waals surface area contributed by atoms with Crippen molar-refractivity contribution in [1.82, 2.24) is 14.6 Å². The van der Waals surface area contributed by atoms with Crippen LogP contribution in [0.4, 0.5) is 5.82 Å². The molecule has 2 N–H and O–H groups in total. The van der Waals surface area contributed by atoms with Gasteiger partial charge in [0.25, 0.3) is 0 Å². The lowest BCUT2D eigenvalue weighted by molar-refractivity contribution is 0.609. The fourth-order valence-corrected chi connectivity index (χ4v) is 3.19. The Bertz CT molecular complexity index is 813. The minimum Gasteiger partial charge on any atom is -0.349 e. The lowest BCUT2D eigenvalue weighted by atomic mass is 9.96. The maximum atomic E-state index is 6.30. The van der Waals surface area contributed by atoms with Crippen molar-refractivity contribution in [3.8, 4) is 0 Å². The first-order valence-corrected chi connectivity index (χ1v) is 7.60. The van der Waals surface area contributed by atoms with Gasteiger partial charge in [-0.05, 0) is 39.2 Å². The predicted molar refractivity (Wildman–Crippen MR) is 85.1 cm³/mol. The van der Waals surface area contributed by atoms with Gasteiger partial charge in [0.05, 0.1) is 6.20 Å². The van der Waals surface area contributed by atoms with E-state index in [9.17, 15) is 0 Å². The first-order chi connectivity index (χ1) is 10.2. The van der Waals surface area contributed by atoms with Crippen molar-refractivity contribution >= 4 is 27.4 Å². The Hall–Kier alpha value is -1.92. The zero-order chi connectivity index (χ0) is 14.4. The summed E-state index contributed by atoms with van der Waals surface area (Å²) in [6, 6.07) is 12.3. The fourth-order valence-electron chi connectivity index (χ4n) is 2.82. The molecule has 1 aliphatic rings. The summed E-state index contributed by atoms with van der Waals surface area (Å²) >= 11 is 3.46. The number of anilines is 1. The van der Waals surface area contributed by atoms with Gasteiger partial charge in [-0.3, -0.25) is 0 Å². The van der Waals surface area contributed by atoms with Gasteiger partial charge in [-0.15, -0.1) is 5.10 Å². The van der Waals surface area contributed by atoms with E-state index in [1.165, 1.54) is 11.1 Å². The van der Waals surface area contributed by atoms with Crippen LogP contribution in [0.2, 0.25) is 0 Å². The minimum atomic E-state index is 0.0127. The van der Waals surface area contributed by atoms with Crippen molar-refractivity contribution in [3.63, 3.8) is 0 Å². The number of benzene rings is 1. The lowest BCUT2D eigenvalue weighted by Gasteiger charge is -2.33. The van der Waals surface area contributed by atoms with Gasteiger partial charge in [-0.1, -0.05) is 24.3 Å². The van der Waals surface area contributed by atoms with Gasteiger partial charge < -0.3 is 10.6 Å². The average molecular weight is 344 g/mol. The summed E-state index contributed by atoms with van der Waals surface area (Å²) in [5, 5.41) is 4.64. The van der Waals surface area contributed by atoms with Gasteiger partial charge in [0.2, 0.25) is 0 Å². The summed E-state index contributed by atoms with van der Waals surface area (Å²) in [5.41, 5.74) is 9.63. The molecule has 0 saturated heterocycles. The Kier molecular flexibility index (Phi) is 2.94. The number of fused-ring (bicyclic) bond motifs is 2. The Labute approximate surface area is 130 Å². The van der Waals surface area contributed by atoms with Crippen LogP contribution < -0.4 is 10.6 Å². The Morgan fingerprint density at radius 1 is 1.19 bits per heavy atom. The molecule has 3 heterocycles. The molecule has 4 rings (SSSR count). The molecule has 0 fully saturated rings. The van der Waals surface area contributed by atoms with E-state index in [-0.39, 0.29) is 6.04 Å². The average Bonchev–Trinajstić information content (AvgIpc) is 2.88. The molecule has 1 atom stereocenters. The summed E-state index contributed by atoms with van der Waals surface area (Å²) in [4.78, 5) is 6.47. The van der Waals surface area contributed by atoms with Crippen molar-refractivity contribution in [3.05, 3.63) is 58.3 Å². The van der Waals surface area contributed by atoms with E-state index in [1.807, 2.05) is 18.2 Å². The van der Waals surface area contributed by atoms with Crippen LogP contribution >= 0.6 is 15.9 Å². The molecule has 0 spiro atoms. The minimum absolute atomic E-state index is 0.0127. The van der Waals surface area contributed by atoms with Crippen LogP contribution in [-0.2, 0) is 6.54 Å². The van der Waals surface area contributed by atoms with Gasteiger partial charge in [-0.25, -0.2) is 9.50 Å². The summed E-state index contributed by atoms with van der Waals surface area (Å²) < 4.78 is 2.64. The number of aromatic nitrogens is 3. The van der Waals surface area contributed by atoms with Crippen LogP contribution in [0.25, 0.3) is 5.65 Å². The zero-order valence-corrected chi connectivity index (χ0v) is 12.9. The SMILES string of the molecule is NC1CN(c2ccc3ncc(Br)n3n2)Cc2ccccc21. The van der Waals surface area contributed by atoms with Crippen LogP contribution in [0.15, 0.2) is 47.2 Å². The van der Waals surface area contributed by atoms with E-state index in [0.29, 0.717) is 0 Å². The number of hydrogen-bond acceptors (Lipinski definition) is 4. The normalized spacial score (nSPS) is 18.0. The van der Waals surface area contributed by atoms with Crippen molar-refractivity contribution in [1.29, 1.82) is 0 Å². The van der Waals surface area contributed by atoms with Gasteiger partial charge >= 0.3 is 0 Å². The number of nitrogens with zero attached hydrogens (tertiary/aromatic N) is 4. The maximum absolute atomic E-state index is 6.30. The van der Waals surface area contributed by atoms with Gasteiger partial charge in [-0.2, -0.15) is 0 Å². The first kappa shape index (κ1) is 12.8. The fraction of sp³-hybridized carbons (Fsp3) is 0.200. The van der Waals surface area contributed by atoms with Crippen molar-refractivity contribution in [2.24, 2.45) is 5.73 Å². The van der Waals surface area contributed by atoms with Crippen LogP contribution in [0.3, 0.4) is 0 Å². The summed E-state index contributed by atoms with van der Waals surface area (Å²) in [5.74, 6) is 0.908. The Morgan fingerprint density at radius 2 is 2.05 bits per heavy atom. The number of hydrogen-bond donors (Lipinski definition) is 1. The molecule has 1 aliphatic heterocycles. The molecule has 2 aromatic heterocycles. The Balaban J connectivity index is 1.74. The van der Waals surface area contributed by atoms with E-state index in [1.54, 1.807) is 10.7 Å². The third kappa shape index (κ3) is 2.11. The van der Waals surface area contributed by atoms with Gasteiger partial charge in [0.15, 0.2) is 5.65 Å². The predicted octanol–water partition coefficient (Wildman–Crippen LogP) is 2.51. The van der Waals surface area contributed by atoms with E-state index in [0.717, 1.165) is 29.2 Å². The van der Waals surface area contributed by atoms with E-state index in [2.05, 4.69) is 49.1 Å². The van der Waals surface area contributed by atoms with Crippen LogP contribution in [-0.4, -0.2) is 21.1 Å². The van der Waals surface area contributed by atoms with Gasteiger partial charge in [0.1, 0.15) is 10.4 Å². The lowest BCUT2D eigenvalue weighted by Crippen LogP contribution is -2.37. The number of imidazole rings is 1. The molecule has 6 heteroatoms. The molecule has 106 valence electrons. The second kappa shape index (κ2) is 4.82. The topological polar surface area (TPSA) is 59.5 Å². The number of halogens is 1. The molecular formula is C15H14BrN5. The molecule has 5 nitrogen and oxygen atoms in total. The highest BCUT2D eigenvalue weighted by atomic mass is 79.9. The molecule has 1 unspecified atom stereocenters. The standard InChI is InChI=1S/C15H14BrN5/c16-13-7-18-14-5-6-15(19-21(13)14)20-8-10-3-1-2-4-11(10)12(17)9-20/h1-7,12H,8-9,17H2. The highest BCUT2D eigenvalue weighted by Crippen LogP contribution is 2.28. The third-order valence-electron chi connectivity index (χ3n) is 3.86. The van der Waals surface area contributed by atoms with Crippen LogP contribution in [0.5, 0.6) is 0 Å². The molecular weight excluding hydrogens is 330 g/mol.